The molecule has 2 aromatic rings. The van der Waals surface area contributed by atoms with Crippen LogP contribution in [0.15, 0.2) is 35.8 Å². The van der Waals surface area contributed by atoms with Crippen molar-refractivity contribution >= 4 is 27.5 Å². The summed E-state index contributed by atoms with van der Waals surface area (Å²) in [6.07, 6.45) is 3.61. The first kappa shape index (κ1) is 12.3. The SMILES string of the molecule is C=CCn1c(=NC(=O)C2CC2)sc2cc(F)ccc21. The third-order valence-electron chi connectivity index (χ3n) is 3.09. The van der Waals surface area contributed by atoms with Gasteiger partial charge in [-0.25, -0.2) is 4.39 Å². The van der Waals surface area contributed by atoms with E-state index in [1.165, 1.54) is 23.5 Å². The molecule has 3 rings (SSSR count). The standard InChI is InChI=1S/C14H13FN2OS/c1-2-7-17-11-6-5-10(15)8-12(11)19-14(17)16-13(18)9-3-4-9/h2,5-6,8-9H,1,3-4,7H2. The number of fused-ring (bicyclic) bond motifs is 1. The van der Waals surface area contributed by atoms with Gasteiger partial charge in [0.1, 0.15) is 5.82 Å². The summed E-state index contributed by atoms with van der Waals surface area (Å²) in [5.41, 5.74) is 0.883. The molecule has 0 N–H and O–H groups in total. The van der Waals surface area contributed by atoms with Gasteiger partial charge in [0.2, 0.25) is 0 Å². The first-order valence-corrected chi connectivity index (χ1v) is 6.99. The van der Waals surface area contributed by atoms with Gasteiger partial charge >= 0.3 is 0 Å². The number of thiazole rings is 1. The summed E-state index contributed by atoms with van der Waals surface area (Å²) in [6, 6.07) is 4.60. The van der Waals surface area contributed by atoms with Gasteiger partial charge in [0.05, 0.1) is 10.2 Å². The highest BCUT2D eigenvalue weighted by atomic mass is 32.1. The van der Waals surface area contributed by atoms with Crippen molar-refractivity contribution < 1.29 is 9.18 Å². The highest BCUT2D eigenvalue weighted by Gasteiger charge is 2.29. The Labute approximate surface area is 113 Å². The molecule has 0 saturated heterocycles. The summed E-state index contributed by atoms with van der Waals surface area (Å²) >= 11 is 1.34. The predicted octanol–water partition coefficient (Wildman–Crippen LogP) is 2.87. The normalized spacial score (nSPS) is 15.9. The van der Waals surface area contributed by atoms with E-state index in [4.69, 9.17) is 0 Å². The van der Waals surface area contributed by atoms with Crippen LogP contribution in [0.2, 0.25) is 0 Å². The second-order valence-corrected chi connectivity index (χ2v) is 5.63. The molecule has 5 heteroatoms. The number of benzene rings is 1. The Morgan fingerprint density at radius 2 is 2.37 bits per heavy atom. The fourth-order valence-electron chi connectivity index (χ4n) is 1.95. The summed E-state index contributed by atoms with van der Waals surface area (Å²) in [6.45, 7) is 4.27. The fourth-order valence-corrected chi connectivity index (χ4v) is 3.02. The number of hydrogen-bond acceptors (Lipinski definition) is 2. The van der Waals surface area contributed by atoms with E-state index in [9.17, 15) is 9.18 Å². The second-order valence-electron chi connectivity index (χ2n) is 4.62. The third-order valence-corrected chi connectivity index (χ3v) is 4.13. The topological polar surface area (TPSA) is 34.4 Å². The number of carbonyl (C=O) groups excluding carboxylic acids is 1. The first-order chi connectivity index (χ1) is 9.19. The molecular weight excluding hydrogens is 263 g/mol. The Morgan fingerprint density at radius 1 is 1.58 bits per heavy atom. The van der Waals surface area contributed by atoms with Crippen LogP contribution in [-0.2, 0) is 11.3 Å². The molecule has 1 heterocycles. The summed E-state index contributed by atoms with van der Waals surface area (Å²) in [7, 11) is 0. The van der Waals surface area contributed by atoms with Crippen molar-refractivity contribution in [2.45, 2.75) is 19.4 Å². The van der Waals surface area contributed by atoms with E-state index in [2.05, 4.69) is 11.6 Å². The molecule has 1 amide bonds. The quantitative estimate of drug-likeness (QED) is 0.794. The first-order valence-electron chi connectivity index (χ1n) is 6.17. The Bertz CT molecular complexity index is 725. The lowest BCUT2D eigenvalue weighted by atomic mass is 10.3. The van der Waals surface area contributed by atoms with Crippen molar-refractivity contribution in [1.82, 2.24) is 4.57 Å². The molecule has 1 fully saturated rings. The minimum absolute atomic E-state index is 0.0650. The lowest BCUT2D eigenvalue weighted by Gasteiger charge is -2.00. The average Bonchev–Trinajstić information content (AvgIpc) is 3.16. The summed E-state index contributed by atoms with van der Waals surface area (Å²) < 4.78 is 15.9. The average molecular weight is 276 g/mol. The van der Waals surface area contributed by atoms with Crippen LogP contribution in [0.25, 0.3) is 10.2 Å². The van der Waals surface area contributed by atoms with Gasteiger partial charge < -0.3 is 4.57 Å². The summed E-state index contributed by atoms with van der Waals surface area (Å²) in [5.74, 6) is -0.247. The zero-order valence-electron chi connectivity index (χ0n) is 10.3. The molecule has 0 bridgehead atoms. The number of halogens is 1. The van der Waals surface area contributed by atoms with E-state index in [1.807, 2.05) is 4.57 Å². The van der Waals surface area contributed by atoms with Gasteiger partial charge in [-0.15, -0.1) is 6.58 Å². The smallest absolute Gasteiger partial charge is 0.251 e. The van der Waals surface area contributed by atoms with E-state index >= 15 is 0 Å². The molecule has 1 aliphatic carbocycles. The van der Waals surface area contributed by atoms with Gasteiger partial charge in [0.15, 0.2) is 4.80 Å². The number of aromatic nitrogens is 1. The van der Waals surface area contributed by atoms with Crippen molar-refractivity contribution in [2.24, 2.45) is 10.9 Å². The van der Waals surface area contributed by atoms with E-state index in [0.717, 1.165) is 23.1 Å². The largest absolute Gasteiger partial charge is 0.313 e. The van der Waals surface area contributed by atoms with Crippen LogP contribution in [-0.4, -0.2) is 10.5 Å². The van der Waals surface area contributed by atoms with Crippen LogP contribution >= 0.6 is 11.3 Å². The van der Waals surface area contributed by atoms with Gasteiger partial charge in [-0.05, 0) is 31.0 Å². The third kappa shape index (κ3) is 2.38. The lowest BCUT2D eigenvalue weighted by molar-refractivity contribution is -0.119. The molecule has 1 aliphatic rings. The molecule has 98 valence electrons. The van der Waals surface area contributed by atoms with E-state index in [-0.39, 0.29) is 17.6 Å². The number of amides is 1. The zero-order chi connectivity index (χ0) is 13.4. The van der Waals surface area contributed by atoms with Crippen molar-refractivity contribution in [3.8, 4) is 0 Å². The summed E-state index contributed by atoms with van der Waals surface area (Å²) in [4.78, 5) is 16.6. The Morgan fingerprint density at radius 3 is 3.05 bits per heavy atom. The molecule has 0 radical (unpaired) electrons. The van der Waals surface area contributed by atoms with Crippen molar-refractivity contribution in [3.05, 3.63) is 41.5 Å². The van der Waals surface area contributed by atoms with Crippen LogP contribution in [0.4, 0.5) is 4.39 Å². The molecule has 3 nitrogen and oxygen atoms in total. The van der Waals surface area contributed by atoms with Crippen LogP contribution in [0.5, 0.6) is 0 Å². The number of hydrogen-bond donors (Lipinski definition) is 0. The maximum Gasteiger partial charge on any atom is 0.251 e. The molecule has 0 unspecified atom stereocenters. The molecule has 1 aromatic carbocycles. The van der Waals surface area contributed by atoms with E-state index < -0.39 is 0 Å². The Balaban J connectivity index is 2.18. The minimum atomic E-state index is -0.278. The minimum Gasteiger partial charge on any atom is -0.313 e. The molecular formula is C14H13FN2OS. The predicted molar refractivity (Wildman–Crippen MR) is 73.3 cm³/mol. The molecule has 0 aliphatic heterocycles. The van der Waals surface area contributed by atoms with Crippen LogP contribution in [0.1, 0.15) is 12.8 Å². The monoisotopic (exact) mass is 276 g/mol. The number of carbonyl (C=O) groups is 1. The zero-order valence-corrected chi connectivity index (χ0v) is 11.1. The Kier molecular flexibility index (Phi) is 3.06. The van der Waals surface area contributed by atoms with Crippen molar-refractivity contribution in [3.63, 3.8) is 0 Å². The lowest BCUT2D eigenvalue weighted by Crippen LogP contribution is -2.16. The van der Waals surface area contributed by atoms with Crippen LogP contribution < -0.4 is 4.80 Å². The molecule has 1 aromatic heterocycles. The van der Waals surface area contributed by atoms with E-state index in [1.54, 1.807) is 12.1 Å². The van der Waals surface area contributed by atoms with E-state index in [0.29, 0.717) is 11.3 Å². The van der Waals surface area contributed by atoms with Gasteiger partial charge in [0.25, 0.3) is 5.91 Å². The molecule has 1 saturated carbocycles. The van der Waals surface area contributed by atoms with Gasteiger partial charge in [-0.1, -0.05) is 17.4 Å². The van der Waals surface area contributed by atoms with Crippen LogP contribution in [0, 0.1) is 11.7 Å². The van der Waals surface area contributed by atoms with Gasteiger partial charge in [0, 0.05) is 12.5 Å². The molecule has 0 atom stereocenters. The maximum atomic E-state index is 13.2. The second kappa shape index (κ2) is 4.74. The highest BCUT2D eigenvalue weighted by molar-refractivity contribution is 7.16. The summed E-state index contributed by atoms with van der Waals surface area (Å²) in [5, 5.41) is 0. The van der Waals surface area contributed by atoms with Crippen molar-refractivity contribution in [2.75, 3.05) is 0 Å². The highest BCUT2D eigenvalue weighted by Crippen LogP contribution is 2.30. The maximum absolute atomic E-state index is 13.2. The Hall–Kier alpha value is -1.75. The fraction of sp³-hybridized carbons (Fsp3) is 0.286. The number of allylic oxidation sites excluding steroid dienone is 1. The molecule has 19 heavy (non-hydrogen) atoms. The number of rotatable bonds is 3. The van der Waals surface area contributed by atoms with Gasteiger partial charge in [-0.2, -0.15) is 4.99 Å². The van der Waals surface area contributed by atoms with Gasteiger partial charge in [-0.3, -0.25) is 4.79 Å². The number of nitrogens with zero attached hydrogens (tertiary/aromatic N) is 2. The molecule has 0 spiro atoms. The van der Waals surface area contributed by atoms with Crippen LogP contribution in [0.3, 0.4) is 0 Å². The van der Waals surface area contributed by atoms with Crippen molar-refractivity contribution in [1.29, 1.82) is 0 Å².